The summed E-state index contributed by atoms with van der Waals surface area (Å²) in [6.07, 6.45) is -4.71. The maximum absolute atomic E-state index is 13.4. The molecule has 0 aromatic heterocycles. The van der Waals surface area contributed by atoms with Crippen LogP contribution < -0.4 is 10.5 Å². The molecule has 3 nitrogen and oxygen atoms in total. The predicted molar refractivity (Wildman–Crippen MR) is 56.5 cm³/mol. The molecule has 0 saturated carbocycles. The Bertz CT molecular complexity index is 393. The van der Waals surface area contributed by atoms with Gasteiger partial charge >= 0.3 is 6.36 Å². The zero-order valence-electron chi connectivity index (χ0n) is 9.63. The fraction of sp³-hybridized carbons (Fsp3) is 0.455. The number of alkyl halides is 3. The number of ether oxygens (including phenoxy) is 2. The summed E-state index contributed by atoms with van der Waals surface area (Å²) >= 11 is 0. The molecule has 0 radical (unpaired) electrons. The number of hydrogen-bond acceptors (Lipinski definition) is 3. The fourth-order valence-electron chi connectivity index (χ4n) is 1.23. The van der Waals surface area contributed by atoms with Crippen molar-refractivity contribution in [2.45, 2.75) is 19.3 Å². The van der Waals surface area contributed by atoms with Gasteiger partial charge in [0.25, 0.3) is 0 Å². The Kier molecular flexibility index (Phi) is 4.92. The van der Waals surface area contributed by atoms with Gasteiger partial charge < -0.3 is 10.5 Å². The number of halogens is 4. The van der Waals surface area contributed by atoms with Gasteiger partial charge in [-0.3, -0.25) is 4.74 Å². The van der Waals surface area contributed by atoms with Crippen molar-refractivity contribution in [1.82, 2.24) is 0 Å². The van der Waals surface area contributed by atoms with E-state index in [9.17, 15) is 17.6 Å². The molecule has 0 unspecified atom stereocenters. The lowest BCUT2D eigenvalue weighted by atomic mass is 10.1. The van der Waals surface area contributed by atoms with Gasteiger partial charge in [0.2, 0.25) is 0 Å². The largest absolute Gasteiger partial charge is 0.522 e. The molecule has 1 atom stereocenters. The second-order valence-electron chi connectivity index (χ2n) is 3.62. The van der Waals surface area contributed by atoms with Crippen LogP contribution in [0.15, 0.2) is 18.2 Å². The number of hydrogen-bond donors (Lipinski definition) is 1. The summed E-state index contributed by atoms with van der Waals surface area (Å²) in [5, 5.41) is 0. The average molecular weight is 267 g/mol. The number of benzene rings is 1. The van der Waals surface area contributed by atoms with E-state index in [0.717, 1.165) is 0 Å². The summed E-state index contributed by atoms with van der Waals surface area (Å²) in [6.45, 7) is 0.596. The highest BCUT2D eigenvalue weighted by molar-refractivity contribution is 5.30. The van der Waals surface area contributed by atoms with Gasteiger partial charge in [-0.2, -0.15) is 0 Å². The van der Waals surface area contributed by atoms with E-state index >= 15 is 0 Å². The molecule has 7 heteroatoms. The van der Waals surface area contributed by atoms with E-state index in [2.05, 4.69) is 4.74 Å². The number of nitrogens with two attached hydrogens (primary N) is 1. The summed E-state index contributed by atoms with van der Waals surface area (Å²) in [5.41, 5.74) is 6.13. The molecule has 1 rings (SSSR count). The first-order valence-corrected chi connectivity index (χ1v) is 5.18. The Hall–Kier alpha value is -1.34. The van der Waals surface area contributed by atoms with Crippen molar-refractivity contribution in [3.63, 3.8) is 0 Å². The van der Waals surface area contributed by atoms with Crippen LogP contribution in [0.5, 0.6) is 5.75 Å². The SMILES string of the molecule is C[C@H](N)c1ccc(OCCOC(F)(F)F)c(F)c1. The predicted octanol–water partition coefficient (Wildman–Crippen LogP) is 2.76. The zero-order chi connectivity index (χ0) is 13.8. The van der Waals surface area contributed by atoms with Gasteiger partial charge in [0, 0.05) is 6.04 Å². The molecule has 0 bridgehead atoms. The van der Waals surface area contributed by atoms with Crippen molar-refractivity contribution in [1.29, 1.82) is 0 Å². The Morgan fingerprint density at radius 2 is 1.94 bits per heavy atom. The lowest BCUT2D eigenvalue weighted by molar-refractivity contribution is -0.325. The molecule has 0 amide bonds. The second-order valence-corrected chi connectivity index (χ2v) is 3.62. The Labute approximate surface area is 101 Å². The highest BCUT2D eigenvalue weighted by Gasteiger charge is 2.28. The van der Waals surface area contributed by atoms with Gasteiger partial charge in [-0.25, -0.2) is 4.39 Å². The van der Waals surface area contributed by atoms with E-state index in [1.54, 1.807) is 13.0 Å². The van der Waals surface area contributed by atoms with E-state index in [-0.39, 0.29) is 11.8 Å². The van der Waals surface area contributed by atoms with E-state index < -0.39 is 25.4 Å². The molecule has 102 valence electrons. The number of rotatable bonds is 5. The first-order valence-electron chi connectivity index (χ1n) is 5.18. The lowest BCUT2D eigenvalue weighted by Gasteiger charge is -2.11. The van der Waals surface area contributed by atoms with Gasteiger partial charge in [0.15, 0.2) is 11.6 Å². The van der Waals surface area contributed by atoms with Crippen LogP contribution in [0.2, 0.25) is 0 Å². The molecule has 0 aliphatic carbocycles. The van der Waals surface area contributed by atoms with Gasteiger partial charge in [-0.05, 0) is 24.6 Å². The smallest absolute Gasteiger partial charge is 0.488 e. The molecule has 1 aromatic carbocycles. The normalized spacial score (nSPS) is 13.4. The van der Waals surface area contributed by atoms with Crippen molar-refractivity contribution in [3.05, 3.63) is 29.6 Å². The minimum absolute atomic E-state index is 0.134. The molecular weight excluding hydrogens is 254 g/mol. The summed E-state index contributed by atoms with van der Waals surface area (Å²) in [7, 11) is 0. The quantitative estimate of drug-likeness (QED) is 0.659. The van der Waals surface area contributed by atoms with Crippen molar-refractivity contribution < 1.29 is 27.0 Å². The van der Waals surface area contributed by atoms with Gasteiger partial charge in [0.05, 0.1) is 6.61 Å². The third kappa shape index (κ3) is 4.89. The van der Waals surface area contributed by atoms with E-state index in [1.165, 1.54) is 12.1 Å². The van der Waals surface area contributed by atoms with Crippen LogP contribution in [0.1, 0.15) is 18.5 Å². The highest BCUT2D eigenvalue weighted by Crippen LogP contribution is 2.21. The summed E-state index contributed by atoms with van der Waals surface area (Å²) < 4.78 is 56.6. The average Bonchev–Trinajstić information content (AvgIpc) is 2.24. The van der Waals surface area contributed by atoms with E-state index in [0.29, 0.717) is 5.56 Å². The molecule has 0 saturated heterocycles. The van der Waals surface area contributed by atoms with Crippen molar-refractivity contribution in [2.24, 2.45) is 5.73 Å². The Balaban J connectivity index is 2.48. The van der Waals surface area contributed by atoms with Crippen LogP contribution in [0.25, 0.3) is 0 Å². The summed E-state index contributed by atoms with van der Waals surface area (Å²) in [5.74, 6) is -0.804. The zero-order valence-corrected chi connectivity index (χ0v) is 9.63. The Morgan fingerprint density at radius 1 is 1.28 bits per heavy atom. The van der Waals surface area contributed by atoms with E-state index in [4.69, 9.17) is 10.5 Å². The topological polar surface area (TPSA) is 44.5 Å². The summed E-state index contributed by atoms with van der Waals surface area (Å²) in [4.78, 5) is 0. The second kappa shape index (κ2) is 6.01. The lowest BCUT2D eigenvalue weighted by Crippen LogP contribution is -2.18. The standard InChI is InChI=1S/C11H13F4NO2/c1-7(16)8-2-3-10(9(12)6-8)17-4-5-18-11(13,14)15/h2-3,6-7H,4-5,16H2,1H3/t7-/m0/s1. The highest BCUT2D eigenvalue weighted by atomic mass is 19.4. The van der Waals surface area contributed by atoms with Crippen LogP contribution >= 0.6 is 0 Å². The third-order valence-corrected chi connectivity index (χ3v) is 2.09. The molecule has 2 N–H and O–H groups in total. The van der Waals surface area contributed by atoms with Crippen molar-refractivity contribution in [2.75, 3.05) is 13.2 Å². The van der Waals surface area contributed by atoms with Gasteiger partial charge in [-0.15, -0.1) is 13.2 Å². The molecule has 0 spiro atoms. The van der Waals surface area contributed by atoms with Crippen molar-refractivity contribution >= 4 is 0 Å². The van der Waals surface area contributed by atoms with Gasteiger partial charge in [0.1, 0.15) is 6.61 Å². The maximum atomic E-state index is 13.4. The molecule has 0 heterocycles. The van der Waals surface area contributed by atoms with Gasteiger partial charge in [-0.1, -0.05) is 6.07 Å². The first kappa shape index (κ1) is 14.7. The summed E-state index contributed by atoms with van der Waals surface area (Å²) in [6, 6.07) is 3.72. The van der Waals surface area contributed by atoms with Crippen molar-refractivity contribution in [3.8, 4) is 5.75 Å². The molecule has 0 aliphatic rings. The third-order valence-electron chi connectivity index (χ3n) is 2.09. The van der Waals surface area contributed by atoms with E-state index in [1.807, 2.05) is 0 Å². The molecule has 1 aromatic rings. The van der Waals surface area contributed by atoms with Crippen LogP contribution in [0, 0.1) is 5.82 Å². The maximum Gasteiger partial charge on any atom is 0.522 e. The van der Waals surface area contributed by atoms with Crippen LogP contribution in [-0.4, -0.2) is 19.6 Å². The molecule has 18 heavy (non-hydrogen) atoms. The minimum atomic E-state index is -4.71. The molecule has 0 fully saturated rings. The monoisotopic (exact) mass is 267 g/mol. The van der Waals surface area contributed by atoms with Crippen LogP contribution in [-0.2, 0) is 4.74 Å². The molecule has 0 aliphatic heterocycles. The fourth-order valence-corrected chi connectivity index (χ4v) is 1.23. The first-order chi connectivity index (χ1) is 8.29. The Morgan fingerprint density at radius 3 is 2.44 bits per heavy atom. The van der Waals surface area contributed by atoms with Crippen LogP contribution in [0.3, 0.4) is 0 Å². The minimum Gasteiger partial charge on any atom is -0.488 e. The van der Waals surface area contributed by atoms with Crippen LogP contribution in [0.4, 0.5) is 17.6 Å². The molecular formula is C11H13F4NO2.